The molecule has 0 saturated carbocycles. The molecule has 0 aliphatic carbocycles. The molecule has 0 bridgehead atoms. The molecule has 2 heterocycles. The number of aryl methyl sites for hydroxylation is 1. The highest BCUT2D eigenvalue weighted by Gasteiger charge is 2.18. The summed E-state index contributed by atoms with van der Waals surface area (Å²) in [6, 6.07) is 10.1. The maximum Gasteiger partial charge on any atom is 0.157 e. The van der Waals surface area contributed by atoms with E-state index in [0.29, 0.717) is 18.5 Å². The Morgan fingerprint density at radius 1 is 1.20 bits per heavy atom. The molecule has 0 radical (unpaired) electrons. The van der Waals surface area contributed by atoms with Gasteiger partial charge in [0.05, 0.1) is 10.2 Å². The third kappa shape index (κ3) is 4.15. The number of hydrogen-bond acceptors (Lipinski definition) is 3. The second kappa shape index (κ2) is 8.47. The normalized spacial score (nSPS) is 11.4. The summed E-state index contributed by atoms with van der Waals surface area (Å²) < 4.78 is 9.07. The quantitative estimate of drug-likeness (QED) is 0.338. The zero-order valence-corrected chi connectivity index (χ0v) is 17.3. The van der Waals surface area contributed by atoms with E-state index in [1.54, 1.807) is 0 Å². The Hall–Kier alpha value is -1.18. The number of unbranched alkanes of at least 4 members (excludes halogenated alkanes) is 1. The lowest BCUT2D eigenvalue weighted by atomic mass is 10.2. The summed E-state index contributed by atoms with van der Waals surface area (Å²) in [7, 11) is 0. The van der Waals surface area contributed by atoms with Crippen LogP contribution in [0, 0.1) is 10.5 Å². The highest BCUT2D eigenvalue weighted by molar-refractivity contribution is 14.1. The SMILES string of the molecule is CCCCc1nc(Cl)c2c(n1)c(I)c(C)n2COCc1ccccc1. The van der Waals surface area contributed by atoms with E-state index in [4.69, 9.17) is 21.3 Å². The van der Waals surface area contributed by atoms with E-state index in [-0.39, 0.29) is 0 Å². The molecule has 2 aromatic heterocycles. The smallest absolute Gasteiger partial charge is 0.157 e. The first kappa shape index (κ1) is 18.6. The Kier molecular flexibility index (Phi) is 6.30. The van der Waals surface area contributed by atoms with Gasteiger partial charge in [0.25, 0.3) is 0 Å². The van der Waals surface area contributed by atoms with Gasteiger partial charge in [-0.3, -0.25) is 0 Å². The first-order chi connectivity index (χ1) is 12.1. The van der Waals surface area contributed by atoms with E-state index < -0.39 is 0 Å². The number of aromatic nitrogens is 3. The lowest BCUT2D eigenvalue weighted by Crippen LogP contribution is -2.06. The first-order valence-electron chi connectivity index (χ1n) is 8.44. The molecule has 132 valence electrons. The van der Waals surface area contributed by atoms with E-state index in [1.165, 1.54) is 0 Å². The van der Waals surface area contributed by atoms with E-state index in [1.807, 2.05) is 18.2 Å². The number of ether oxygens (including phenoxy) is 1. The van der Waals surface area contributed by atoms with Gasteiger partial charge in [-0.05, 0) is 41.5 Å². The van der Waals surface area contributed by atoms with Crippen LogP contribution in [0.2, 0.25) is 5.15 Å². The van der Waals surface area contributed by atoms with Gasteiger partial charge in [0, 0.05) is 12.1 Å². The summed E-state index contributed by atoms with van der Waals surface area (Å²) in [5.41, 5.74) is 4.03. The van der Waals surface area contributed by atoms with E-state index in [2.05, 4.69) is 58.1 Å². The summed E-state index contributed by atoms with van der Waals surface area (Å²) in [5, 5.41) is 0.505. The maximum atomic E-state index is 6.50. The van der Waals surface area contributed by atoms with Gasteiger partial charge in [0.1, 0.15) is 23.6 Å². The molecular formula is C19H21ClIN3O. The number of nitrogens with zero attached hydrogens (tertiary/aromatic N) is 3. The summed E-state index contributed by atoms with van der Waals surface area (Å²) >= 11 is 8.83. The Labute approximate surface area is 166 Å². The van der Waals surface area contributed by atoms with Crippen LogP contribution in [-0.4, -0.2) is 14.5 Å². The summed E-state index contributed by atoms with van der Waals surface area (Å²) in [4.78, 5) is 9.24. The van der Waals surface area contributed by atoms with Crippen LogP contribution in [0.15, 0.2) is 30.3 Å². The minimum atomic E-state index is 0.428. The molecule has 0 fully saturated rings. The van der Waals surface area contributed by atoms with E-state index in [0.717, 1.165) is 50.9 Å². The molecular weight excluding hydrogens is 449 g/mol. The Bertz CT molecular complexity index is 864. The van der Waals surface area contributed by atoms with Crippen molar-refractivity contribution in [3.8, 4) is 0 Å². The Morgan fingerprint density at radius 3 is 2.68 bits per heavy atom. The predicted octanol–water partition coefficient (Wildman–Crippen LogP) is 5.51. The number of hydrogen-bond donors (Lipinski definition) is 0. The zero-order valence-electron chi connectivity index (χ0n) is 14.4. The van der Waals surface area contributed by atoms with Gasteiger partial charge >= 0.3 is 0 Å². The van der Waals surface area contributed by atoms with Crippen LogP contribution in [0.25, 0.3) is 11.0 Å². The number of fused-ring (bicyclic) bond motifs is 1. The first-order valence-corrected chi connectivity index (χ1v) is 9.89. The minimum Gasteiger partial charge on any atom is -0.356 e. The van der Waals surface area contributed by atoms with Crippen molar-refractivity contribution in [2.24, 2.45) is 0 Å². The number of rotatable bonds is 7. The average Bonchev–Trinajstić information content (AvgIpc) is 2.86. The van der Waals surface area contributed by atoms with Crippen molar-refractivity contribution < 1.29 is 4.74 Å². The van der Waals surface area contributed by atoms with Crippen molar-refractivity contribution in [3.63, 3.8) is 0 Å². The lowest BCUT2D eigenvalue weighted by Gasteiger charge is -2.10. The molecule has 4 nitrogen and oxygen atoms in total. The van der Waals surface area contributed by atoms with E-state index >= 15 is 0 Å². The van der Waals surface area contributed by atoms with Crippen LogP contribution in [0.3, 0.4) is 0 Å². The fourth-order valence-corrected chi connectivity index (χ4v) is 3.71. The molecule has 6 heteroatoms. The van der Waals surface area contributed by atoms with Gasteiger partial charge < -0.3 is 9.30 Å². The average molecular weight is 470 g/mol. The van der Waals surface area contributed by atoms with Crippen LogP contribution < -0.4 is 0 Å². The second-order valence-corrected chi connectivity index (χ2v) is 7.46. The largest absolute Gasteiger partial charge is 0.356 e. The van der Waals surface area contributed by atoms with Crippen molar-refractivity contribution in [1.29, 1.82) is 0 Å². The summed E-state index contributed by atoms with van der Waals surface area (Å²) in [6.07, 6.45) is 3.04. The van der Waals surface area contributed by atoms with Crippen molar-refractivity contribution in [3.05, 3.63) is 56.1 Å². The Balaban J connectivity index is 1.86. The minimum absolute atomic E-state index is 0.428. The number of halogens is 2. The molecule has 1 aromatic carbocycles. The van der Waals surface area contributed by atoms with Crippen molar-refractivity contribution in [2.75, 3.05) is 0 Å². The van der Waals surface area contributed by atoms with Gasteiger partial charge in [-0.2, -0.15) is 0 Å². The zero-order chi connectivity index (χ0) is 17.8. The summed E-state index contributed by atoms with van der Waals surface area (Å²) in [6.45, 7) is 5.22. The van der Waals surface area contributed by atoms with Gasteiger partial charge in [0.2, 0.25) is 0 Å². The Morgan fingerprint density at radius 2 is 1.96 bits per heavy atom. The predicted molar refractivity (Wildman–Crippen MR) is 110 cm³/mol. The fourth-order valence-electron chi connectivity index (χ4n) is 2.76. The third-order valence-corrected chi connectivity index (χ3v) is 5.73. The highest BCUT2D eigenvalue weighted by atomic mass is 127. The molecule has 3 rings (SSSR count). The molecule has 0 amide bonds. The third-order valence-electron chi connectivity index (χ3n) is 4.17. The highest BCUT2D eigenvalue weighted by Crippen LogP contribution is 2.30. The van der Waals surface area contributed by atoms with Crippen LogP contribution in [-0.2, 0) is 24.5 Å². The van der Waals surface area contributed by atoms with Crippen LogP contribution >= 0.6 is 34.2 Å². The van der Waals surface area contributed by atoms with Gasteiger partial charge in [-0.1, -0.05) is 55.3 Å². The van der Waals surface area contributed by atoms with Crippen LogP contribution in [0.1, 0.15) is 36.8 Å². The van der Waals surface area contributed by atoms with Crippen LogP contribution in [0.5, 0.6) is 0 Å². The standard InChI is InChI=1S/C19H21ClIN3O/c1-3-4-10-15-22-17-16(21)13(2)24(18(17)19(20)23-15)12-25-11-14-8-6-5-7-9-14/h5-9H,3-4,10-12H2,1-2H3. The molecule has 0 aliphatic heterocycles. The van der Waals surface area contributed by atoms with Crippen LogP contribution in [0.4, 0.5) is 0 Å². The molecule has 0 atom stereocenters. The summed E-state index contributed by atoms with van der Waals surface area (Å²) in [5.74, 6) is 0.819. The molecule has 3 aromatic rings. The van der Waals surface area contributed by atoms with Gasteiger partial charge in [0.15, 0.2) is 5.15 Å². The maximum absolute atomic E-state index is 6.50. The monoisotopic (exact) mass is 469 g/mol. The second-order valence-electron chi connectivity index (χ2n) is 6.02. The van der Waals surface area contributed by atoms with E-state index in [9.17, 15) is 0 Å². The molecule has 0 saturated heterocycles. The van der Waals surface area contributed by atoms with Crippen molar-refractivity contribution >= 4 is 45.2 Å². The molecule has 25 heavy (non-hydrogen) atoms. The molecule has 0 spiro atoms. The lowest BCUT2D eigenvalue weighted by molar-refractivity contribution is 0.0655. The number of benzene rings is 1. The molecule has 0 aliphatic rings. The topological polar surface area (TPSA) is 39.9 Å². The van der Waals surface area contributed by atoms with Gasteiger partial charge in [-0.25, -0.2) is 9.97 Å². The fraction of sp³-hybridized carbons (Fsp3) is 0.368. The molecule has 0 N–H and O–H groups in total. The van der Waals surface area contributed by atoms with Gasteiger partial charge in [-0.15, -0.1) is 0 Å². The molecule has 0 unspecified atom stereocenters. The van der Waals surface area contributed by atoms with Crippen molar-refractivity contribution in [1.82, 2.24) is 14.5 Å². The van der Waals surface area contributed by atoms with Crippen molar-refractivity contribution in [2.45, 2.75) is 46.4 Å².